The van der Waals surface area contributed by atoms with E-state index in [2.05, 4.69) is 16.0 Å². The lowest BCUT2D eigenvalue weighted by molar-refractivity contribution is 0.0594. The van der Waals surface area contributed by atoms with E-state index in [-0.39, 0.29) is 17.4 Å². The third kappa shape index (κ3) is 4.24. The van der Waals surface area contributed by atoms with Gasteiger partial charge in [-0.25, -0.2) is 14.2 Å². The number of benzene rings is 2. The van der Waals surface area contributed by atoms with Crippen molar-refractivity contribution in [1.82, 2.24) is 9.55 Å². The second kappa shape index (κ2) is 9.95. The predicted octanol–water partition coefficient (Wildman–Crippen LogP) is 4.20. The zero-order valence-electron chi connectivity index (χ0n) is 22.7. The monoisotopic (exact) mass is 544 g/mol. The van der Waals surface area contributed by atoms with Crippen LogP contribution < -0.4 is 20.1 Å². The molecule has 4 aromatic rings. The lowest BCUT2D eigenvalue weighted by Gasteiger charge is -2.41. The first-order valence-corrected chi connectivity index (χ1v) is 13.0. The van der Waals surface area contributed by atoms with Gasteiger partial charge in [0.15, 0.2) is 0 Å². The summed E-state index contributed by atoms with van der Waals surface area (Å²) in [6.45, 7) is 4.20. The van der Waals surface area contributed by atoms with Gasteiger partial charge in [-0.3, -0.25) is 4.79 Å². The van der Waals surface area contributed by atoms with E-state index in [9.17, 15) is 9.59 Å². The molecule has 206 valence electrons. The fourth-order valence-electron chi connectivity index (χ4n) is 5.38. The van der Waals surface area contributed by atoms with E-state index in [1.54, 1.807) is 37.8 Å². The maximum absolute atomic E-state index is 15.7. The molecule has 0 amide bonds. The van der Waals surface area contributed by atoms with Gasteiger partial charge in [-0.1, -0.05) is 6.07 Å². The molecule has 0 spiro atoms. The minimum Gasteiger partial charge on any atom is -0.490 e. The molecule has 0 unspecified atom stereocenters. The van der Waals surface area contributed by atoms with Gasteiger partial charge in [-0.2, -0.15) is 0 Å². The van der Waals surface area contributed by atoms with Crippen molar-refractivity contribution in [3.05, 3.63) is 76.1 Å². The number of aryl methyl sites for hydroxylation is 2. The summed E-state index contributed by atoms with van der Waals surface area (Å²) in [5.41, 5.74) is 4.77. The van der Waals surface area contributed by atoms with E-state index in [1.807, 2.05) is 17.0 Å². The Hall–Kier alpha value is -4.44. The van der Waals surface area contributed by atoms with Crippen molar-refractivity contribution in [2.75, 3.05) is 50.3 Å². The van der Waals surface area contributed by atoms with Crippen LogP contribution in [0.2, 0.25) is 0 Å². The zero-order chi connectivity index (χ0) is 28.1. The molecule has 2 aromatic carbocycles. The molecular formula is C30H29FN4O5. The third-order valence-electron chi connectivity index (χ3n) is 7.70. The molecule has 1 fully saturated rings. The summed E-state index contributed by atoms with van der Waals surface area (Å²) >= 11 is 0. The van der Waals surface area contributed by atoms with Gasteiger partial charge in [-0.05, 0) is 37.3 Å². The van der Waals surface area contributed by atoms with E-state index >= 15 is 4.39 Å². The first-order chi connectivity index (χ1) is 19.3. The van der Waals surface area contributed by atoms with Crippen LogP contribution in [0.15, 0.2) is 53.5 Å². The van der Waals surface area contributed by atoms with Crippen molar-refractivity contribution in [1.29, 1.82) is 0 Å². The van der Waals surface area contributed by atoms with Crippen LogP contribution in [0.1, 0.15) is 16.1 Å². The largest absolute Gasteiger partial charge is 0.490 e. The molecule has 4 heterocycles. The number of nitrogens with zero attached hydrogens (tertiary/aromatic N) is 4. The lowest BCUT2D eigenvalue weighted by atomic mass is 10.0. The molecule has 0 aliphatic carbocycles. The summed E-state index contributed by atoms with van der Waals surface area (Å²) in [5, 5.41) is 0.895. The smallest absolute Gasteiger partial charge is 0.356 e. The van der Waals surface area contributed by atoms with Gasteiger partial charge in [0.05, 0.1) is 36.6 Å². The fourth-order valence-corrected chi connectivity index (χ4v) is 5.38. The fraction of sp³-hybridized carbons (Fsp3) is 0.300. The van der Waals surface area contributed by atoms with Crippen molar-refractivity contribution < 1.29 is 23.4 Å². The molecule has 0 bridgehead atoms. The second-order valence-corrected chi connectivity index (χ2v) is 10.1. The molecule has 2 aromatic heterocycles. The summed E-state index contributed by atoms with van der Waals surface area (Å²) < 4.78 is 33.5. The number of carbonyl (C=O) groups is 1. The minimum atomic E-state index is -0.561. The number of anilines is 3. The Morgan fingerprint density at radius 1 is 1.10 bits per heavy atom. The molecule has 0 radical (unpaired) electrons. The Kier molecular flexibility index (Phi) is 6.42. The molecule has 0 N–H and O–H groups in total. The van der Waals surface area contributed by atoms with Gasteiger partial charge in [-0.15, -0.1) is 0 Å². The van der Waals surface area contributed by atoms with Gasteiger partial charge < -0.3 is 28.6 Å². The molecule has 9 nitrogen and oxygen atoms in total. The van der Waals surface area contributed by atoms with Crippen LogP contribution in [0.3, 0.4) is 0 Å². The average Bonchev–Trinajstić information content (AvgIpc) is 2.94. The van der Waals surface area contributed by atoms with Gasteiger partial charge >= 0.3 is 5.97 Å². The number of fused-ring (bicyclic) bond motifs is 2. The molecule has 2 aliphatic heterocycles. The van der Waals surface area contributed by atoms with Gasteiger partial charge in [0.1, 0.15) is 23.9 Å². The molecule has 1 saturated heterocycles. The number of hydrogen-bond donors (Lipinski definition) is 0. The summed E-state index contributed by atoms with van der Waals surface area (Å²) in [6.07, 6.45) is 1.60. The molecule has 10 heteroatoms. The molecule has 0 saturated carbocycles. The zero-order valence-corrected chi connectivity index (χ0v) is 22.7. The van der Waals surface area contributed by atoms with E-state index in [4.69, 9.17) is 14.2 Å². The van der Waals surface area contributed by atoms with Crippen molar-refractivity contribution in [2.45, 2.75) is 13.0 Å². The van der Waals surface area contributed by atoms with E-state index in [0.717, 1.165) is 35.4 Å². The summed E-state index contributed by atoms with van der Waals surface area (Å²) in [4.78, 5) is 33.0. The van der Waals surface area contributed by atoms with Crippen LogP contribution in [0.5, 0.6) is 5.75 Å². The first-order valence-electron chi connectivity index (χ1n) is 13.0. The summed E-state index contributed by atoms with van der Waals surface area (Å²) in [5.74, 6) is -0.477. The van der Waals surface area contributed by atoms with Crippen molar-refractivity contribution in [3.8, 4) is 16.9 Å². The maximum atomic E-state index is 15.7. The Labute approximate surface area is 230 Å². The number of carbonyl (C=O) groups excluding carboxylic acids is 1. The highest BCUT2D eigenvalue weighted by Gasteiger charge is 2.30. The van der Waals surface area contributed by atoms with Crippen molar-refractivity contribution in [3.63, 3.8) is 0 Å². The van der Waals surface area contributed by atoms with Crippen LogP contribution >= 0.6 is 0 Å². The highest BCUT2D eigenvalue weighted by Crippen LogP contribution is 2.44. The Morgan fingerprint density at radius 3 is 2.60 bits per heavy atom. The Morgan fingerprint density at radius 2 is 1.90 bits per heavy atom. The average molecular weight is 545 g/mol. The van der Waals surface area contributed by atoms with Crippen LogP contribution in [0.25, 0.3) is 22.0 Å². The van der Waals surface area contributed by atoms with Gasteiger partial charge in [0.2, 0.25) is 0 Å². The standard InChI is InChI=1S/C30H29FN4O5/c1-17-9-22-25(33(2)29(17)36)10-19(34-15-20(16-34)38-3)11-26(22)35-7-8-40-28-12-21(23(31)13-27(28)35)18-5-6-24(32-14-18)30(37)39-4/h5-6,9-14,20H,7-8,15-16H2,1-4H3. The maximum Gasteiger partial charge on any atom is 0.356 e. The number of ether oxygens (including phenoxy) is 3. The first kappa shape index (κ1) is 25.8. The molecule has 40 heavy (non-hydrogen) atoms. The van der Waals surface area contributed by atoms with Gasteiger partial charge in [0, 0.05) is 67.3 Å². The molecule has 0 atom stereocenters. The van der Waals surface area contributed by atoms with Crippen molar-refractivity contribution in [2.24, 2.45) is 7.05 Å². The van der Waals surface area contributed by atoms with E-state index in [1.165, 1.54) is 25.4 Å². The quantitative estimate of drug-likeness (QED) is 0.346. The number of methoxy groups -OCH3 is 2. The number of rotatable bonds is 5. The molecular weight excluding hydrogens is 515 g/mol. The summed E-state index contributed by atoms with van der Waals surface area (Å²) in [6, 6.07) is 12.3. The molecule has 6 rings (SSSR count). The van der Waals surface area contributed by atoms with E-state index < -0.39 is 11.8 Å². The van der Waals surface area contributed by atoms with Crippen LogP contribution in [0, 0.1) is 12.7 Å². The molecule has 2 aliphatic rings. The van der Waals surface area contributed by atoms with Crippen LogP contribution in [-0.4, -0.2) is 62.1 Å². The van der Waals surface area contributed by atoms with Crippen LogP contribution in [0.4, 0.5) is 21.5 Å². The third-order valence-corrected chi connectivity index (χ3v) is 7.70. The van der Waals surface area contributed by atoms with Crippen LogP contribution in [-0.2, 0) is 16.5 Å². The summed E-state index contributed by atoms with van der Waals surface area (Å²) in [7, 11) is 4.76. The van der Waals surface area contributed by atoms with Crippen molar-refractivity contribution >= 4 is 33.9 Å². The predicted molar refractivity (Wildman–Crippen MR) is 150 cm³/mol. The highest BCUT2D eigenvalue weighted by molar-refractivity contribution is 5.98. The second-order valence-electron chi connectivity index (χ2n) is 10.1. The number of aromatic nitrogens is 2. The van der Waals surface area contributed by atoms with E-state index in [0.29, 0.717) is 41.3 Å². The number of esters is 1. The number of halogens is 1. The minimum absolute atomic E-state index is 0.0566. The number of hydrogen-bond acceptors (Lipinski definition) is 8. The Balaban J connectivity index is 1.46. The van der Waals surface area contributed by atoms with Gasteiger partial charge in [0.25, 0.3) is 5.56 Å². The number of pyridine rings is 2. The lowest BCUT2D eigenvalue weighted by Crippen LogP contribution is -2.52. The SMILES string of the molecule is COC(=O)c1ccc(-c2cc3c(cc2F)N(c2cc(N4CC(OC)C4)cc4c2cc(C)c(=O)n4C)CCO3)cn1. The normalized spacial score (nSPS) is 15.0. The highest BCUT2D eigenvalue weighted by atomic mass is 19.1. The Bertz CT molecular complexity index is 1700. The topological polar surface area (TPSA) is 86.1 Å².